The van der Waals surface area contributed by atoms with Crippen molar-refractivity contribution in [3.05, 3.63) is 55.7 Å². The number of nitrogens with one attached hydrogen (secondary N) is 1. The van der Waals surface area contributed by atoms with Gasteiger partial charge in [0.15, 0.2) is 5.78 Å². The largest absolute Gasteiger partial charge is 0.352 e. The van der Waals surface area contributed by atoms with Crippen molar-refractivity contribution in [3.8, 4) is 0 Å². The topological polar surface area (TPSA) is 46.2 Å². The lowest BCUT2D eigenvalue weighted by molar-refractivity contribution is 0.0953. The van der Waals surface area contributed by atoms with E-state index in [1.807, 2.05) is 6.07 Å². The van der Waals surface area contributed by atoms with Crippen molar-refractivity contribution >= 4 is 46.2 Å². The van der Waals surface area contributed by atoms with Crippen molar-refractivity contribution in [1.82, 2.24) is 5.32 Å². The second-order valence-electron chi connectivity index (χ2n) is 4.49. The number of amides is 1. The van der Waals surface area contributed by atoms with Crippen LogP contribution in [0, 0.1) is 0 Å². The molecule has 1 aromatic carbocycles. The number of hydrogen-bond donors (Lipinski definition) is 1. The van der Waals surface area contributed by atoms with E-state index in [0.717, 1.165) is 9.75 Å². The second-order valence-corrected chi connectivity index (χ2v) is 6.53. The van der Waals surface area contributed by atoms with Gasteiger partial charge in [0, 0.05) is 27.0 Å². The summed E-state index contributed by atoms with van der Waals surface area (Å²) in [6.45, 7) is 2.03. The summed E-state index contributed by atoms with van der Waals surface area (Å²) in [7, 11) is 0. The fourth-order valence-electron chi connectivity index (χ4n) is 1.79. The van der Waals surface area contributed by atoms with Crippen molar-refractivity contribution in [1.29, 1.82) is 0 Å². The highest BCUT2D eigenvalue weighted by Gasteiger charge is 2.08. The maximum absolute atomic E-state index is 12.0. The van der Waals surface area contributed by atoms with E-state index in [0.29, 0.717) is 28.6 Å². The molecule has 0 atom stereocenters. The lowest BCUT2D eigenvalue weighted by atomic mass is 10.2. The summed E-state index contributed by atoms with van der Waals surface area (Å²) in [5.41, 5.74) is 0.433. The number of ketones is 1. The third-order valence-corrected chi connectivity index (χ3v) is 4.47. The van der Waals surface area contributed by atoms with E-state index in [9.17, 15) is 9.59 Å². The van der Waals surface area contributed by atoms with Crippen LogP contribution in [0.15, 0.2) is 30.3 Å². The van der Waals surface area contributed by atoms with Crippen LogP contribution in [0.3, 0.4) is 0 Å². The minimum atomic E-state index is -0.220. The number of rotatable bonds is 5. The van der Waals surface area contributed by atoms with Crippen molar-refractivity contribution in [3.63, 3.8) is 0 Å². The highest BCUT2D eigenvalue weighted by molar-refractivity contribution is 7.14. The predicted octanol–water partition coefficient (Wildman–Crippen LogP) is 4.23. The molecule has 0 aliphatic rings. The molecule has 110 valence electrons. The van der Waals surface area contributed by atoms with Crippen LogP contribution in [0.5, 0.6) is 0 Å². The Kier molecular flexibility index (Phi) is 5.39. The van der Waals surface area contributed by atoms with E-state index in [1.54, 1.807) is 31.2 Å². The number of hydrogen-bond acceptors (Lipinski definition) is 3. The Bertz CT molecular complexity index is 662. The quantitative estimate of drug-likeness (QED) is 0.827. The number of thiophene rings is 1. The molecule has 3 nitrogen and oxygen atoms in total. The van der Waals surface area contributed by atoms with Gasteiger partial charge in [-0.05, 0) is 43.7 Å². The van der Waals surface area contributed by atoms with Crippen molar-refractivity contribution in [2.45, 2.75) is 13.3 Å². The van der Waals surface area contributed by atoms with Gasteiger partial charge in [-0.25, -0.2) is 0 Å². The van der Waals surface area contributed by atoms with E-state index < -0.39 is 0 Å². The van der Waals surface area contributed by atoms with Crippen LogP contribution in [-0.2, 0) is 6.42 Å². The monoisotopic (exact) mass is 341 g/mol. The molecule has 21 heavy (non-hydrogen) atoms. The lowest BCUT2D eigenvalue weighted by Gasteiger charge is -2.05. The van der Waals surface area contributed by atoms with Gasteiger partial charge in [-0.2, -0.15) is 0 Å². The molecule has 2 aromatic rings. The summed E-state index contributed by atoms with van der Waals surface area (Å²) >= 11 is 13.2. The molecule has 0 saturated heterocycles. The molecule has 1 N–H and O–H groups in total. The number of Topliss-reactive ketones (excluding diaryl/α,β-unsaturated/α-hetero) is 1. The standard InChI is InChI=1S/C15H13Cl2NO2S/c1-9(19)14-3-2-13(21-14)4-5-18-15(20)10-6-11(16)8-12(17)7-10/h2-3,6-8H,4-5H2,1H3,(H,18,20). The summed E-state index contributed by atoms with van der Waals surface area (Å²) in [4.78, 5) is 25.0. The Hall–Kier alpha value is -1.36. The first-order chi connectivity index (χ1) is 9.95. The Balaban J connectivity index is 1.90. The van der Waals surface area contributed by atoms with Crippen molar-refractivity contribution in [2.75, 3.05) is 6.54 Å². The molecule has 0 unspecified atom stereocenters. The van der Waals surface area contributed by atoms with Crippen LogP contribution in [0.2, 0.25) is 10.0 Å². The molecular formula is C15H13Cl2NO2S. The Labute approximate surface area is 136 Å². The summed E-state index contributed by atoms with van der Waals surface area (Å²) in [5.74, 6) is -0.161. The van der Waals surface area contributed by atoms with Gasteiger partial charge in [-0.1, -0.05) is 23.2 Å². The smallest absolute Gasteiger partial charge is 0.251 e. The average molecular weight is 342 g/mol. The van der Waals surface area contributed by atoms with Crippen molar-refractivity contribution in [2.24, 2.45) is 0 Å². The Morgan fingerprint density at radius 2 is 1.81 bits per heavy atom. The molecule has 2 rings (SSSR count). The van der Waals surface area contributed by atoms with Gasteiger partial charge in [-0.3, -0.25) is 9.59 Å². The van der Waals surface area contributed by atoms with E-state index >= 15 is 0 Å². The predicted molar refractivity (Wildman–Crippen MR) is 86.8 cm³/mol. The SMILES string of the molecule is CC(=O)c1ccc(CCNC(=O)c2cc(Cl)cc(Cl)c2)s1. The molecule has 1 amide bonds. The minimum Gasteiger partial charge on any atom is -0.352 e. The number of carbonyl (C=O) groups is 2. The molecular weight excluding hydrogens is 329 g/mol. The highest BCUT2D eigenvalue weighted by Crippen LogP contribution is 2.19. The molecule has 1 heterocycles. The fraction of sp³-hybridized carbons (Fsp3) is 0.200. The summed E-state index contributed by atoms with van der Waals surface area (Å²) in [6.07, 6.45) is 0.679. The molecule has 0 saturated carbocycles. The first-order valence-electron chi connectivity index (χ1n) is 6.29. The zero-order chi connectivity index (χ0) is 15.4. The molecule has 0 radical (unpaired) electrons. The summed E-state index contributed by atoms with van der Waals surface area (Å²) in [6, 6.07) is 8.43. The molecule has 0 bridgehead atoms. The lowest BCUT2D eigenvalue weighted by Crippen LogP contribution is -2.25. The zero-order valence-corrected chi connectivity index (χ0v) is 13.6. The van der Waals surface area contributed by atoms with Gasteiger partial charge in [0.05, 0.1) is 4.88 Å². The number of carbonyl (C=O) groups excluding carboxylic acids is 2. The summed E-state index contributed by atoms with van der Waals surface area (Å²) in [5, 5.41) is 3.66. The molecule has 0 fully saturated rings. The molecule has 6 heteroatoms. The normalized spacial score (nSPS) is 10.4. The molecule has 1 aromatic heterocycles. The van der Waals surface area contributed by atoms with Gasteiger partial charge < -0.3 is 5.32 Å². The van der Waals surface area contributed by atoms with E-state index in [-0.39, 0.29) is 11.7 Å². The third kappa shape index (κ3) is 4.56. The second kappa shape index (κ2) is 7.07. The number of benzene rings is 1. The highest BCUT2D eigenvalue weighted by atomic mass is 35.5. The van der Waals surface area contributed by atoms with E-state index in [2.05, 4.69) is 5.32 Å². The molecule has 0 spiro atoms. The van der Waals surface area contributed by atoms with Gasteiger partial charge in [0.25, 0.3) is 5.91 Å². The molecule has 0 aliphatic heterocycles. The van der Waals surface area contributed by atoms with Crippen molar-refractivity contribution < 1.29 is 9.59 Å². The first-order valence-corrected chi connectivity index (χ1v) is 7.87. The molecule has 0 aliphatic carbocycles. The maximum Gasteiger partial charge on any atom is 0.251 e. The Morgan fingerprint density at radius 3 is 2.38 bits per heavy atom. The van der Waals surface area contributed by atoms with Gasteiger partial charge >= 0.3 is 0 Å². The van der Waals surface area contributed by atoms with Crippen LogP contribution in [0.1, 0.15) is 31.8 Å². The van der Waals surface area contributed by atoms with Crippen LogP contribution < -0.4 is 5.32 Å². The van der Waals surface area contributed by atoms with Crippen LogP contribution in [-0.4, -0.2) is 18.2 Å². The maximum atomic E-state index is 12.0. The zero-order valence-electron chi connectivity index (χ0n) is 11.3. The van der Waals surface area contributed by atoms with E-state index in [4.69, 9.17) is 23.2 Å². The minimum absolute atomic E-state index is 0.0591. The number of halogens is 2. The van der Waals surface area contributed by atoms with Crippen LogP contribution >= 0.6 is 34.5 Å². The summed E-state index contributed by atoms with van der Waals surface area (Å²) < 4.78 is 0. The van der Waals surface area contributed by atoms with Crippen LogP contribution in [0.25, 0.3) is 0 Å². The van der Waals surface area contributed by atoms with Gasteiger partial charge in [-0.15, -0.1) is 11.3 Å². The first kappa shape index (κ1) is 16.0. The average Bonchev–Trinajstić information content (AvgIpc) is 2.86. The van der Waals surface area contributed by atoms with Gasteiger partial charge in [0.1, 0.15) is 0 Å². The van der Waals surface area contributed by atoms with Crippen LogP contribution in [0.4, 0.5) is 0 Å². The Morgan fingerprint density at radius 1 is 1.14 bits per heavy atom. The van der Waals surface area contributed by atoms with Gasteiger partial charge in [0.2, 0.25) is 0 Å². The van der Waals surface area contributed by atoms with E-state index in [1.165, 1.54) is 11.3 Å². The third-order valence-electron chi connectivity index (χ3n) is 2.79. The fourth-order valence-corrected chi connectivity index (χ4v) is 3.22.